The zero-order chi connectivity index (χ0) is 8.41. The highest BCUT2D eigenvalue weighted by Gasteiger charge is 1.74. The maximum Gasteiger partial charge on any atom is 0.0112 e. The number of terminal acetylenes is 1. The van der Waals surface area contributed by atoms with Gasteiger partial charge in [0.05, 0.1) is 0 Å². The molecule has 56 valence electrons. The average Bonchev–Trinajstić information content (AvgIpc) is 1.93. The van der Waals surface area contributed by atoms with E-state index in [0.717, 1.165) is 0 Å². The Morgan fingerprint density at radius 2 is 2.00 bits per heavy atom. The summed E-state index contributed by atoms with van der Waals surface area (Å²) in [6.07, 6.45) is 14.0. The van der Waals surface area contributed by atoms with E-state index in [1.54, 1.807) is 0 Å². The van der Waals surface area contributed by atoms with Gasteiger partial charge in [0.15, 0.2) is 0 Å². The van der Waals surface area contributed by atoms with Gasteiger partial charge in [-0.2, -0.15) is 0 Å². The minimum Gasteiger partial charge on any atom is -0.327 e. The van der Waals surface area contributed by atoms with Crippen LogP contribution in [0.3, 0.4) is 0 Å². The van der Waals surface area contributed by atoms with Gasteiger partial charge in [-0.15, -0.1) is 12.8 Å². The minimum atomic E-state index is 0.635. The molecular weight excluding hydrogens is 122 g/mol. The first kappa shape index (κ1) is 11.8. The van der Waals surface area contributed by atoms with Crippen LogP contribution in [0.25, 0.3) is 0 Å². The number of allylic oxidation sites excluding steroid dienone is 3. The van der Waals surface area contributed by atoms with Gasteiger partial charge in [0.25, 0.3) is 0 Å². The van der Waals surface area contributed by atoms with Crippen LogP contribution in [0.5, 0.6) is 0 Å². The Labute approximate surface area is 63.6 Å². The lowest BCUT2D eigenvalue weighted by molar-refractivity contribution is 1.23. The van der Waals surface area contributed by atoms with Crippen LogP contribution in [-0.2, 0) is 0 Å². The third-order valence-corrected chi connectivity index (χ3v) is 0.869. The lowest BCUT2D eigenvalue weighted by Crippen LogP contribution is -1.93. The molecular formula is C9H15N. The van der Waals surface area contributed by atoms with Crippen molar-refractivity contribution in [1.82, 2.24) is 0 Å². The van der Waals surface area contributed by atoms with Crippen molar-refractivity contribution in [2.75, 3.05) is 6.54 Å². The van der Waals surface area contributed by atoms with Crippen LogP contribution in [0, 0.1) is 12.8 Å². The Balaban J connectivity index is 0. The summed E-state index contributed by atoms with van der Waals surface area (Å²) in [5, 5.41) is 0. The van der Waals surface area contributed by atoms with Gasteiger partial charge >= 0.3 is 0 Å². The van der Waals surface area contributed by atoms with Crippen molar-refractivity contribution < 1.29 is 0 Å². The van der Waals surface area contributed by atoms with Crippen LogP contribution in [0.1, 0.15) is 13.8 Å². The van der Waals surface area contributed by atoms with Crippen molar-refractivity contribution in [2.24, 2.45) is 5.73 Å². The van der Waals surface area contributed by atoms with Crippen LogP contribution in [0.2, 0.25) is 0 Å². The average molecular weight is 137 g/mol. The third kappa shape index (κ3) is 10.1. The number of hydrogen-bond acceptors (Lipinski definition) is 1. The Kier molecular flexibility index (Phi) is 12.8. The van der Waals surface area contributed by atoms with E-state index in [9.17, 15) is 0 Å². The van der Waals surface area contributed by atoms with E-state index < -0.39 is 0 Å². The molecule has 0 aliphatic carbocycles. The molecule has 0 aromatic rings. The molecule has 0 heterocycles. The van der Waals surface area contributed by atoms with E-state index in [4.69, 9.17) is 5.73 Å². The van der Waals surface area contributed by atoms with Crippen LogP contribution in [-0.4, -0.2) is 6.54 Å². The first-order valence-corrected chi connectivity index (χ1v) is 3.14. The summed E-state index contributed by atoms with van der Waals surface area (Å²) in [5.74, 6) is 0. The molecule has 0 aliphatic heterocycles. The summed E-state index contributed by atoms with van der Waals surface area (Å²) in [6.45, 7) is 4.66. The lowest BCUT2D eigenvalue weighted by Gasteiger charge is -1.85. The summed E-state index contributed by atoms with van der Waals surface area (Å²) < 4.78 is 0. The van der Waals surface area contributed by atoms with Gasteiger partial charge < -0.3 is 5.73 Å². The van der Waals surface area contributed by atoms with Gasteiger partial charge in [0.2, 0.25) is 0 Å². The normalized spacial score (nSPS) is 10.7. The Morgan fingerprint density at radius 1 is 1.50 bits per heavy atom. The second-order valence-corrected chi connectivity index (χ2v) is 1.68. The number of nitrogens with two attached hydrogens (primary N) is 1. The fourth-order valence-corrected chi connectivity index (χ4v) is 0.517. The van der Waals surface area contributed by atoms with Crippen LogP contribution in [0.4, 0.5) is 0 Å². The molecule has 0 atom stereocenters. The maximum absolute atomic E-state index is 5.25. The van der Waals surface area contributed by atoms with Crippen LogP contribution >= 0.6 is 0 Å². The minimum absolute atomic E-state index is 0.635. The fourth-order valence-electron chi connectivity index (χ4n) is 0.517. The van der Waals surface area contributed by atoms with Gasteiger partial charge in [0, 0.05) is 6.54 Å². The topological polar surface area (TPSA) is 26.0 Å². The molecule has 1 heteroatoms. The van der Waals surface area contributed by atoms with E-state index in [0.29, 0.717) is 6.54 Å². The molecule has 0 radical (unpaired) electrons. The van der Waals surface area contributed by atoms with E-state index in [2.05, 4.69) is 12.8 Å². The second-order valence-electron chi connectivity index (χ2n) is 1.68. The first-order valence-electron chi connectivity index (χ1n) is 3.14. The van der Waals surface area contributed by atoms with Crippen molar-refractivity contribution in [3.05, 3.63) is 23.8 Å². The number of hydrogen-bond donors (Lipinski definition) is 1. The summed E-state index contributed by atoms with van der Waals surface area (Å²) in [4.78, 5) is 0. The van der Waals surface area contributed by atoms with Gasteiger partial charge in [-0.3, -0.25) is 0 Å². The van der Waals surface area contributed by atoms with Gasteiger partial charge in [0.1, 0.15) is 0 Å². The SMILES string of the molecule is C#C.C/C=C\C(C)=C/CN. The van der Waals surface area contributed by atoms with Crippen molar-refractivity contribution in [3.8, 4) is 12.8 Å². The zero-order valence-corrected chi connectivity index (χ0v) is 6.67. The first-order chi connectivity index (χ1) is 4.81. The van der Waals surface area contributed by atoms with Gasteiger partial charge in [-0.05, 0) is 13.8 Å². The quantitative estimate of drug-likeness (QED) is 0.455. The van der Waals surface area contributed by atoms with Crippen molar-refractivity contribution in [3.63, 3.8) is 0 Å². The van der Waals surface area contributed by atoms with Gasteiger partial charge in [-0.25, -0.2) is 0 Å². The van der Waals surface area contributed by atoms with Crippen molar-refractivity contribution >= 4 is 0 Å². The highest BCUT2D eigenvalue weighted by atomic mass is 14.5. The smallest absolute Gasteiger partial charge is 0.0112 e. The predicted molar refractivity (Wildman–Crippen MR) is 47.5 cm³/mol. The Morgan fingerprint density at radius 3 is 2.30 bits per heavy atom. The molecule has 10 heavy (non-hydrogen) atoms. The molecule has 0 fully saturated rings. The summed E-state index contributed by atoms with van der Waals surface area (Å²) in [5.41, 5.74) is 6.48. The molecule has 0 aromatic heterocycles. The molecule has 0 saturated heterocycles. The van der Waals surface area contributed by atoms with E-state index in [1.807, 2.05) is 32.1 Å². The molecule has 0 spiro atoms. The fraction of sp³-hybridized carbons (Fsp3) is 0.333. The molecule has 2 N–H and O–H groups in total. The van der Waals surface area contributed by atoms with Crippen LogP contribution in [0.15, 0.2) is 23.8 Å². The molecule has 0 saturated carbocycles. The molecule has 1 nitrogen and oxygen atoms in total. The van der Waals surface area contributed by atoms with E-state index in [-0.39, 0.29) is 0 Å². The summed E-state index contributed by atoms with van der Waals surface area (Å²) >= 11 is 0. The molecule has 0 aliphatic rings. The molecule has 0 amide bonds. The van der Waals surface area contributed by atoms with Crippen molar-refractivity contribution in [1.29, 1.82) is 0 Å². The lowest BCUT2D eigenvalue weighted by atomic mass is 10.2. The Hall–Kier alpha value is -1.00. The second kappa shape index (κ2) is 10.9. The summed E-state index contributed by atoms with van der Waals surface area (Å²) in [6, 6.07) is 0. The highest BCUT2D eigenvalue weighted by Crippen LogP contribution is 1.91. The molecule has 0 unspecified atom stereocenters. The van der Waals surface area contributed by atoms with Crippen molar-refractivity contribution in [2.45, 2.75) is 13.8 Å². The van der Waals surface area contributed by atoms with Crippen LogP contribution < -0.4 is 5.73 Å². The number of rotatable bonds is 2. The summed E-state index contributed by atoms with van der Waals surface area (Å²) in [7, 11) is 0. The van der Waals surface area contributed by atoms with E-state index >= 15 is 0 Å². The van der Waals surface area contributed by atoms with Gasteiger partial charge in [-0.1, -0.05) is 23.8 Å². The maximum atomic E-state index is 5.25. The Bertz CT molecular complexity index is 129. The van der Waals surface area contributed by atoms with E-state index in [1.165, 1.54) is 5.57 Å². The molecule has 0 aromatic carbocycles. The third-order valence-electron chi connectivity index (χ3n) is 0.869. The highest BCUT2D eigenvalue weighted by molar-refractivity contribution is 5.15. The predicted octanol–water partition coefficient (Wildman–Crippen LogP) is 1.72. The zero-order valence-electron chi connectivity index (χ0n) is 6.67. The molecule has 0 bridgehead atoms. The standard InChI is InChI=1S/C7H13N.C2H2/c1-3-4-7(2)5-6-8;1-2/h3-5H,6,8H2,1-2H3;1-2H/b4-3-,7-5-;. The largest absolute Gasteiger partial charge is 0.327 e. The monoisotopic (exact) mass is 137 g/mol. The molecule has 0 rings (SSSR count).